The first kappa shape index (κ1) is 32.8. The van der Waals surface area contributed by atoms with Crippen LogP contribution in [0.1, 0.15) is 0 Å². The number of rotatable bonds is 7. The zero-order valence-electron chi connectivity index (χ0n) is 29.7. The predicted molar refractivity (Wildman–Crippen MR) is 228 cm³/mol. The summed E-state index contributed by atoms with van der Waals surface area (Å²) in [6.07, 6.45) is 1.89. The van der Waals surface area contributed by atoms with Gasteiger partial charge in [-0.15, -0.1) is 0 Å². The number of hydrogen-bond donors (Lipinski definition) is 0. The molecule has 0 saturated carbocycles. The van der Waals surface area contributed by atoms with Crippen LogP contribution < -0.4 is 0 Å². The van der Waals surface area contributed by atoms with Crippen LogP contribution in [0, 0.1) is 0 Å². The molecule has 4 nitrogen and oxygen atoms in total. The van der Waals surface area contributed by atoms with Crippen LogP contribution in [0.15, 0.2) is 194 Å². The van der Waals surface area contributed by atoms with Crippen molar-refractivity contribution < 1.29 is 0 Å². The van der Waals surface area contributed by atoms with Crippen molar-refractivity contribution in [2.45, 2.75) is 0 Å². The van der Waals surface area contributed by atoms with Gasteiger partial charge in [-0.05, 0) is 0 Å². The molecule has 0 amide bonds. The maximum absolute atomic E-state index is 5.04. The zero-order valence-corrected chi connectivity index (χ0v) is 31.4. The van der Waals surface area contributed by atoms with E-state index in [4.69, 9.17) is 15.2 Å². The molecule has 258 valence electrons. The summed E-state index contributed by atoms with van der Waals surface area (Å²) in [5.74, 6) is 0. The van der Waals surface area contributed by atoms with Crippen LogP contribution in [0.25, 0.3) is 97.6 Å². The molecule has 3 heterocycles. The van der Waals surface area contributed by atoms with Gasteiger partial charge in [-0.25, -0.2) is 0 Å². The van der Waals surface area contributed by atoms with E-state index < -0.39 is 0 Å². The van der Waals surface area contributed by atoms with Crippen molar-refractivity contribution in [3.05, 3.63) is 194 Å². The minimum atomic E-state index is 0.1000. The summed E-state index contributed by atoms with van der Waals surface area (Å²) in [6, 6.07) is 66.4. The molecule has 0 saturated heterocycles. The molecule has 5 heteroatoms. The molecule has 3 aromatic heterocycles. The van der Waals surface area contributed by atoms with Gasteiger partial charge in [-0.1, -0.05) is 0 Å². The van der Waals surface area contributed by atoms with E-state index in [0.29, 0.717) is 0 Å². The van der Waals surface area contributed by atoms with Gasteiger partial charge in [-0.2, -0.15) is 0 Å². The molecule has 0 aliphatic heterocycles. The molecular formula is C50H32N4Se. The van der Waals surface area contributed by atoms with Crippen LogP contribution in [-0.2, 0) is 0 Å². The van der Waals surface area contributed by atoms with Crippen LogP contribution in [0.3, 0.4) is 0 Å². The second-order valence-electron chi connectivity index (χ2n) is 13.4. The molecule has 0 bridgehead atoms. The van der Waals surface area contributed by atoms with Crippen molar-refractivity contribution in [2.24, 2.45) is 0 Å². The van der Waals surface area contributed by atoms with Crippen molar-refractivity contribution >= 4 is 33.8 Å². The number of pyridine rings is 1. The maximum atomic E-state index is 5.04. The average molecular weight is 768 g/mol. The minimum absolute atomic E-state index is 0.1000. The number of fused-ring (bicyclic) bond motifs is 3. The Morgan fingerprint density at radius 3 is 1.64 bits per heavy atom. The number of benzene rings is 7. The number of hydrogen-bond acceptors (Lipinski definition) is 4. The van der Waals surface area contributed by atoms with Crippen molar-refractivity contribution in [3.8, 4) is 78.3 Å². The van der Waals surface area contributed by atoms with Crippen LogP contribution in [0.5, 0.6) is 0 Å². The fourth-order valence-electron chi connectivity index (χ4n) is 7.83. The van der Waals surface area contributed by atoms with E-state index in [1.807, 2.05) is 30.5 Å². The quantitative estimate of drug-likeness (QED) is 0.152. The van der Waals surface area contributed by atoms with E-state index in [-0.39, 0.29) is 14.5 Å². The molecule has 0 unspecified atom stereocenters. The van der Waals surface area contributed by atoms with Crippen LogP contribution in [0.2, 0.25) is 0 Å². The third-order valence-corrected chi connectivity index (χ3v) is 12.5. The molecular weight excluding hydrogens is 736 g/mol. The Labute approximate surface area is 325 Å². The van der Waals surface area contributed by atoms with Gasteiger partial charge in [0, 0.05) is 0 Å². The Balaban J connectivity index is 1.43. The second-order valence-corrected chi connectivity index (χ2v) is 15.7. The van der Waals surface area contributed by atoms with Crippen LogP contribution >= 0.6 is 0 Å². The van der Waals surface area contributed by atoms with Gasteiger partial charge in [0.15, 0.2) is 0 Å². The molecule has 55 heavy (non-hydrogen) atoms. The van der Waals surface area contributed by atoms with Gasteiger partial charge in [-0.3, -0.25) is 0 Å². The zero-order chi connectivity index (χ0) is 36.6. The molecule has 10 rings (SSSR count). The third-order valence-electron chi connectivity index (χ3n) is 10.2. The van der Waals surface area contributed by atoms with Crippen molar-refractivity contribution in [2.75, 3.05) is 0 Å². The van der Waals surface area contributed by atoms with E-state index in [2.05, 4.69) is 169 Å². The van der Waals surface area contributed by atoms with Gasteiger partial charge >= 0.3 is 327 Å². The average Bonchev–Trinajstić information content (AvgIpc) is 3.65. The second kappa shape index (κ2) is 14.2. The Morgan fingerprint density at radius 2 is 0.945 bits per heavy atom. The molecule has 0 spiro atoms. The molecule has 0 radical (unpaired) electrons. The first-order valence-corrected chi connectivity index (χ1v) is 20.0. The van der Waals surface area contributed by atoms with Crippen LogP contribution in [0.4, 0.5) is 0 Å². The van der Waals surface area contributed by atoms with Crippen molar-refractivity contribution in [1.29, 1.82) is 0 Å². The monoisotopic (exact) mass is 768 g/mol. The van der Waals surface area contributed by atoms with Gasteiger partial charge in [0.1, 0.15) is 0 Å². The molecule has 0 fully saturated rings. The molecule has 0 N–H and O–H groups in total. The van der Waals surface area contributed by atoms with E-state index in [1.165, 1.54) is 24.9 Å². The Morgan fingerprint density at radius 1 is 0.364 bits per heavy atom. The van der Waals surface area contributed by atoms with Crippen molar-refractivity contribution in [1.82, 2.24) is 20.4 Å². The fraction of sp³-hybridized carbons (Fsp3) is 0. The van der Waals surface area contributed by atoms with E-state index >= 15 is 0 Å². The summed E-state index contributed by atoms with van der Waals surface area (Å²) >= 11 is 0.1000. The standard InChI is InChI=1S/C50H32N4Se/c1-5-18-33(19-6-1)37-27-17-28-39(46(37)50-45(35-22-9-3-10-23-35)49(52-54-53-50)36-24-11-4-12-25-36)48-44(34-20-7-2-8-21-34)40(41-29-15-16-31-51-41)32-43-47(48)38-26-13-14-30-42(38)55-43/h1-32H. The molecule has 7 aromatic carbocycles. The Bertz CT molecular complexity index is 2950. The van der Waals surface area contributed by atoms with Gasteiger partial charge in [0.25, 0.3) is 0 Å². The first-order valence-electron chi connectivity index (χ1n) is 18.3. The third kappa shape index (κ3) is 5.87. The number of aromatic nitrogens is 4. The molecule has 10 aromatic rings. The van der Waals surface area contributed by atoms with Gasteiger partial charge in [0.2, 0.25) is 0 Å². The SMILES string of the molecule is c1ccc(-c2cccc(-c3c(-c4ccccc4)c(-c4ccccn4)cc4[se]c5ccccc5c34)c2-c2nnnc(-c3ccccc3)c2-c2ccccc2)cc1. The van der Waals surface area contributed by atoms with Crippen LogP contribution in [-0.4, -0.2) is 34.9 Å². The van der Waals surface area contributed by atoms with E-state index in [1.54, 1.807) is 0 Å². The number of nitrogens with zero attached hydrogens (tertiary/aromatic N) is 4. The normalized spacial score (nSPS) is 11.3. The summed E-state index contributed by atoms with van der Waals surface area (Å²) < 4.78 is 2.72. The van der Waals surface area contributed by atoms with Gasteiger partial charge in [0.05, 0.1) is 0 Å². The fourth-order valence-corrected chi connectivity index (χ4v) is 10.3. The summed E-state index contributed by atoms with van der Waals surface area (Å²) in [5, 5.41) is 16.9. The molecule has 0 aliphatic carbocycles. The van der Waals surface area contributed by atoms with E-state index in [0.717, 1.165) is 72.7 Å². The van der Waals surface area contributed by atoms with E-state index in [9.17, 15) is 0 Å². The predicted octanol–water partition coefficient (Wildman–Crippen LogP) is 12.3. The van der Waals surface area contributed by atoms with Crippen molar-refractivity contribution in [3.63, 3.8) is 0 Å². The summed E-state index contributed by atoms with van der Waals surface area (Å²) in [7, 11) is 0. The molecule has 0 aliphatic rings. The van der Waals surface area contributed by atoms with Gasteiger partial charge < -0.3 is 0 Å². The topological polar surface area (TPSA) is 51.6 Å². The summed E-state index contributed by atoms with van der Waals surface area (Å²) in [5.41, 5.74) is 14.3. The summed E-state index contributed by atoms with van der Waals surface area (Å²) in [4.78, 5) is 4.97. The molecule has 0 atom stereocenters. The Hall–Kier alpha value is -6.78. The first-order chi connectivity index (χ1) is 27.3. The summed E-state index contributed by atoms with van der Waals surface area (Å²) in [6.45, 7) is 0. The Kier molecular flexibility index (Phi) is 8.49.